The number of nitrogens with zero attached hydrogens (tertiary/aromatic N) is 2. The van der Waals surface area contributed by atoms with Gasteiger partial charge >= 0.3 is 0 Å². The molecular formula is C10H16ClN3. The number of alkyl halides is 1. The van der Waals surface area contributed by atoms with Crippen molar-refractivity contribution in [2.24, 2.45) is 0 Å². The Morgan fingerprint density at radius 3 is 3.00 bits per heavy atom. The van der Waals surface area contributed by atoms with Gasteiger partial charge in [-0.2, -0.15) is 0 Å². The lowest BCUT2D eigenvalue weighted by molar-refractivity contribution is 0.689. The van der Waals surface area contributed by atoms with E-state index in [4.69, 9.17) is 11.6 Å². The number of aromatic nitrogens is 2. The molecule has 0 aliphatic heterocycles. The summed E-state index contributed by atoms with van der Waals surface area (Å²) in [6.07, 6.45) is 3.85. The van der Waals surface area contributed by atoms with Crippen LogP contribution in [0.5, 0.6) is 0 Å². The maximum absolute atomic E-state index is 5.62. The van der Waals surface area contributed by atoms with Gasteiger partial charge in [-0.15, -0.1) is 11.6 Å². The quantitative estimate of drug-likeness (QED) is 0.765. The van der Waals surface area contributed by atoms with Crippen molar-refractivity contribution in [2.75, 3.05) is 11.2 Å². The van der Waals surface area contributed by atoms with Crippen molar-refractivity contribution >= 4 is 17.4 Å². The van der Waals surface area contributed by atoms with Crippen LogP contribution in [-0.2, 0) is 0 Å². The number of halogens is 1. The van der Waals surface area contributed by atoms with Gasteiger partial charge in [-0.05, 0) is 32.8 Å². The minimum Gasteiger partial charge on any atom is -0.368 e. The molecule has 0 aromatic carbocycles. The number of aryl methyl sites for hydroxylation is 1. The standard InChI is InChI=1S/C10H16ClN3/c1-8(4-3-6-11)13-10-5-7-12-9(2)14-10/h5,7-8H,3-4,6H2,1-2H3,(H,12,13,14). The van der Waals surface area contributed by atoms with Gasteiger partial charge < -0.3 is 5.32 Å². The summed E-state index contributed by atoms with van der Waals surface area (Å²) in [7, 11) is 0. The lowest BCUT2D eigenvalue weighted by Gasteiger charge is -2.13. The lowest BCUT2D eigenvalue weighted by atomic mass is 10.2. The van der Waals surface area contributed by atoms with Crippen LogP contribution < -0.4 is 5.32 Å². The molecule has 1 aromatic rings. The second kappa shape index (κ2) is 5.81. The Labute approximate surface area is 89.9 Å². The summed E-state index contributed by atoms with van der Waals surface area (Å²) in [5, 5.41) is 3.31. The van der Waals surface area contributed by atoms with E-state index in [0.717, 1.165) is 30.4 Å². The van der Waals surface area contributed by atoms with Crippen molar-refractivity contribution in [3.63, 3.8) is 0 Å². The first-order valence-corrected chi connectivity index (χ1v) is 5.38. The molecule has 1 aromatic heterocycles. The van der Waals surface area contributed by atoms with E-state index in [2.05, 4.69) is 22.2 Å². The zero-order valence-corrected chi connectivity index (χ0v) is 9.38. The smallest absolute Gasteiger partial charge is 0.129 e. The molecule has 78 valence electrons. The van der Waals surface area contributed by atoms with Crippen molar-refractivity contribution in [3.8, 4) is 0 Å². The summed E-state index contributed by atoms with van der Waals surface area (Å²) in [6, 6.07) is 2.28. The highest BCUT2D eigenvalue weighted by molar-refractivity contribution is 6.17. The van der Waals surface area contributed by atoms with Gasteiger partial charge in [-0.3, -0.25) is 0 Å². The Balaban J connectivity index is 2.43. The maximum atomic E-state index is 5.62. The van der Waals surface area contributed by atoms with Crippen LogP contribution in [0.25, 0.3) is 0 Å². The normalized spacial score (nSPS) is 12.5. The van der Waals surface area contributed by atoms with Gasteiger partial charge in [0, 0.05) is 18.1 Å². The van der Waals surface area contributed by atoms with E-state index in [0.29, 0.717) is 6.04 Å². The summed E-state index contributed by atoms with van der Waals surface area (Å²) in [5.41, 5.74) is 0. The fourth-order valence-electron chi connectivity index (χ4n) is 1.24. The molecule has 4 heteroatoms. The van der Waals surface area contributed by atoms with E-state index in [1.807, 2.05) is 13.0 Å². The molecule has 0 aliphatic carbocycles. The molecule has 14 heavy (non-hydrogen) atoms. The van der Waals surface area contributed by atoms with E-state index >= 15 is 0 Å². The maximum Gasteiger partial charge on any atom is 0.129 e. The minimum absolute atomic E-state index is 0.406. The Morgan fingerprint density at radius 2 is 2.36 bits per heavy atom. The van der Waals surface area contributed by atoms with E-state index in [1.54, 1.807) is 6.20 Å². The van der Waals surface area contributed by atoms with Gasteiger partial charge in [-0.1, -0.05) is 0 Å². The molecule has 0 saturated heterocycles. The average molecular weight is 214 g/mol. The fourth-order valence-corrected chi connectivity index (χ4v) is 1.40. The van der Waals surface area contributed by atoms with Crippen LogP contribution in [0, 0.1) is 6.92 Å². The zero-order valence-electron chi connectivity index (χ0n) is 8.63. The molecule has 0 saturated carbocycles. The molecule has 0 spiro atoms. The van der Waals surface area contributed by atoms with Gasteiger partial charge in [0.05, 0.1) is 0 Å². The monoisotopic (exact) mass is 213 g/mol. The van der Waals surface area contributed by atoms with Crippen LogP contribution in [0.1, 0.15) is 25.6 Å². The van der Waals surface area contributed by atoms with Gasteiger partial charge in [0.1, 0.15) is 11.6 Å². The number of anilines is 1. The molecule has 0 fully saturated rings. The molecule has 1 N–H and O–H groups in total. The zero-order chi connectivity index (χ0) is 10.4. The average Bonchev–Trinajstić information content (AvgIpc) is 2.15. The Hall–Kier alpha value is -0.830. The number of hydrogen-bond acceptors (Lipinski definition) is 3. The number of nitrogens with one attached hydrogen (secondary N) is 1. The first-order valence-electron chi connectivity index (χ1n) is 4.84. The van der Waals surface area contributed by atoms with Crippen LogP contribution in [0.3, 0.4) is 0 Å². The Bertz CT molecular complexity index is 278. The van der Waals surface area contributed by atoms with Gasteiger partial charge in [0.2, 0.25) is 0 Å². The SMILES string of the molecule is Cc1nccc(NC(C)CCCCl)n1. The minimum atomic E-state index is 0.406. The van der Waals surface area contributed by atoms with Gasteiger partial charge in [0.15, 0.2) is 0 Å². The molecule has 0 aliphatic rings. The van der Waals surface area contributed by atoms with Crippen LogP contribution in [0.2, 0.25) is 0 Å². The van der Waals surface area contributed by atoms with Crippen LogP contribution in [0.15, 0.2) is 12.3 Å². The Morgan fingerprint density at radius 1 is 1.57 bits per heavy atom. The van der Waals surface area contributed by atoms with Crippen LogP contribution in [-0.4, -0.2) is 21.9 Å². The van der Waals surface area contributed by atoms with E-state index in [-0.39, 0.29) is 0 Å². The topological polar surface area (TPSA) is 37.8 Å². The van der Waals surface area contributed by atoms with Crippen molar-refractivity contribution in [1.82, 2.24) is 9.97 Å². The predicted molar refractivity (Wildman–Crippen MR) is 59.8 cm³/mol. The van der Waals surface area contributed by atoms with Crippen molar-refractivity contribution < 1.29 is 0 Å². The highest BCUT2D eigenvalue weighted by Crippen LogP contribution is 2.07. The summed E-state index contributed by atoms with van der Waals surface area (Å²) < 4.78 is 0. The number of rotatable bonds is 5. The molecule has 1 atom stereocenters. The van der Waals surface area contributed by atoms with E-state index in [9.17, 15) is 0 Å². The highest BCUT2D eigenvalue weighted by atomic mass is 35.5. The summed E-state index contributed by atoms with van der Waals surface area (Å²) in [5.74, 6) is 2.40. The largest absolute Gasteiger partial charge is 0.368 e. The van der Waals surface area contributed by atoms with Gasteiger partial charge in [0.25, 0.3) is 0 Å². The summed E-state index contributed by atoms with van der Waals surface area (Å²) in [4.78, 5) is 8.30. The van der Waals surface area contributed by atoms with Crippen LogP contribution >= 0.6 is 11.6 Å². The molecule has 1 heterocycles. The molecular weight excluding hydrogens is 198 g/mol. The molecule has 1 rings (SSSR count). The second-order valence-corrected chi connectivity index (χ2v) is 3.74. The first kappa shape index (κ1) is 11.2. The summed E-state index contributed by atoms with van der Waals surface area (Å²) >= 11 is 5.62. The predicted octanol–water partition coefficient (Wildman–Crippen LogP) is 2.60. The molecule has 0 bridgehead atoms. The first-order chi connectivity index (χ1) is 6.72. The third-order valence-electron chi connectivity index (χ3n) is 1.94. The van der Waals surface area contributed by atoms with Crippen molar-refractivity contribution in [3.05, 3.63) is 18.1 Å². The molecule has 1 unspecified atom stereocenters. The third-order valence-corrected chi connectivity index (χ3v) is 2.21. The van der Waals surface area contributed by atoms with Gasteiger partial charge in [-0.25, -0.2) is 9.97 Å². The number of hydrogen-bond donors (Lipinski definition) is 1. The van der Waals surface area contributed by atoms with Crippen molar-refractivity contribution in [1.29, 1.82) is 0 Å². The molecule has 0 amide bonds. The fraction of sp³-hybridized carbons (Fsp3) is 0.600. The third kappa shape index (κ3) is 3.92. The molecule has 0 radical (unpaired) electrons. The molecule has 3 nitrogen and oxygen atoms in total. The summed E-state index contributed by atoms with van der Waals surface area (Å²) in [6.45, 7) is 4.01. The second-order valence-electron chi connectivity index (χ2n) is 3.37. The van der Waals surface area contributed by atoms with Crippen LogP contribution in [0.4, 0.5) is 5.82 Å². The van der Waals surface area contributed by atoms with Crippen molar-refractivity contribution in [2.45, 2.75) is 32.7 Å². The lowest BCUT2D eigenvalue weighted by Crippen LogP contribution is -2.16. The highest BCUT2D eigenvalue weighted by Gasteiger charge is 2.02. The van der Waals surface area contributed by atoms with E-state index in [1.165, 1.54) is 0 Å². The Kier molecular flexibility index (Phi) is 4.66. The van der Waals surface area contributed by atoms with E-state index < -0.39 is 0 Å².